The van der Waals surface area contributed by atoms with Crippen LogP contribution in [0, 0.1) is 5.92 Å². The van der Waals surface area contributed by atoms with Gasteiger partial charge in [-0.1, -0.05) is 31.2 Å². The summed E-state index contributed by atoms with van der Waals surface area (Å²) in [5.41, 5.74) is 2.11. The Labute approximate surface area is 103 Å². The van der Waals surface area contributed by atoms with Gasteiger partial charge in [0.15, 0.2) is 0 Å². The highest BCUT2D eigenvalue weighted by Gasteiger charge is 2.21. The highest BCUT2D eigenvalue weighted by Crippen LogP contribution is 2.16. The first-order valence-electron chi connectivity index (χ1n) is 6.30. The van der Waals surface area contributed by atoms with Crippen molar-refractivity contribution in [2.24, 2.45) is 5.92 Å². The van der Waals surface area contributed by atoms with Crippen LogP contribution in [0.4, 0.5) is 0 Å². The third-order valence-electron chi connectivity index (χ3n) is 3.43. The second kappa shape index (κ2) is 6.15. The molecular weight excluding hydrogens is 214 g/mol. The molecule has 3 heteroatoms. The second-order valence-corrected chi connectivity index (χ2v) is 4.79. The van der Waals surface area contributed by atoms with E-state index in [1.54, 1.807) is 0 Å². The van der Waals surface area contributed by atoms with Crippen LogP contribution < -0.4 is 5.32 Å². The van der Waals surface area contributed by atoms with E-state index >= 15 is 0 Å². The number of hydrogen-bond donors (Lipinski definition) is 2. The van der Waals surface area contributed by atoms with Gasteiger partial charge >= 0.3 is 0 Å². The van der Waals surface area contributed by atoms with Crippen molar-refractivity contribution in [1.29, 1.82) is 0 Å². The molecule has 0 aromatic heterocycles. The zero-order valence-electron chi connectivity index (χ0n) is 10.4. The minimum absolute atomic E-state index is 0.102. The van der Waals surface area contributed by atoms with Crippen LogP contribution in [0.3, 0.4) is 0 Å². The van der Waals surface area contributed by atoms with E-state index in [1.807, 2.05) is 24.3 Å². The molecular formula is C14H21NO2. The van der Waals surface area contributed by atoms with Gasteiger partial charge in [-0.05, 0) is 30.0 Å². The normalized spacial score (nSPS) is 24.8. The third kappa shape index (κ3) is 3.53. The van der Waals surface area contributed by atoms with E-state index in [9.17, 15) is 0 Å². The van der Waals surface area contributed by atoms with Gasteiger partial charge in [0.05, 0.1) is 19.3 Å². The molecule has 17 heavy (non-hydrogen) atoms. The van der Waals surface area contributed by atoms with Crippen LogP contribution in [0.5, 0.6) is 0 Å². The van der Waals surface area contributed by atoms with Gasteiger partial charge in [0.25, 0.3) is 0 Å². The van der Waals surface area contributed by atoms with Crippen LogP contribution in [-0.4, -0.2) is 24.3 Å². The van der Waals surface area contributed by atoms with E-state index in [0.717, 1.165) is 18.7 Å². The molecule has 2 N–H and O–H groups in total. The van der Waals surface area contributed by atoms with Gasteiger partial charge in [-0.25, -0.2) is 0 Å². The standard InChI is InChI=1S/C14H21NO2/c1-11-6-7-15-8-14(11)17-10-13-4-2-12(9-16)3-5-13/h2-5,11,14-16H,6-10H2,1H3. The Morgan fingerprint density at radius 2 is 2.00 bits per heavy atom. The van der Waals surface area contributed by atoms with Crippen LogP contribution in [-0.2, 0) is 18.0 Å². The Morgan fingerprint density at radius 1 is 1.29 bits per heavy atom. The number of ether oxygens (including phenoxy) is 1. The number of nitrogens with one attached hydrogen (secondary N) is 1. The Kier molecular flexibility index (Phi) is 4.54. The average molecular weight is 235 g/mol. The lowest BCUT2D eigenvalue weighted by Crippen LogP contribution is -2.40. The summed E-state index contributed by atoms with van der Waals surface area (Å²) in [5.74, 6) is 0.632. The summed E-state index contributed by atoms with van der Waals surface area (Å²) in [6.45, 7) is 5.07. The summed E-state index contributed by atoms with van der Waals surface area (Å²) in [4.78, 5) is 0. The van der Waals surface area contributed by atoms with Gasteiger partial charge in [-0.15, -0.1) is 0 Å². The summed E-state index contributed by atoms with van der Waals surface area (Å²) in [5, 5.41) is 12.3. The molecule has 0 radical (unpaired) electrons. The predicted molar refractivity (Wildman–Crippen MR) is 67.6 cm³/mol. The van der Waals surface area contributed by atoms with Crippen molar-refractivity contribution >= 4 is 0 Å². The van der Waals surface area contributed by atoms with Crippen molar-refractivity contribution < 1.29 is 9.84 Å². The molecule has 0 saturated carbocycles. The van der Waals surface area contributed by atoms with E-state index in [-0.39, 0.29) is 6.61 Å². The lowest BCUT2D eigenvalue weighted by molar-refractivity contribution is -0.00658. The lowest BCUT2D eigenvalue weighted by Gasteiger charge is -2.29. The highest BCUT2D eigenvalue weighted by molar-refractivity contribution is 5.21. The van der Waals surface area contributed by atoms with E-state index in [1.165, 1.54) is 12.0 Å². The average Bonchev–Trinajstić information content (AvgIpc) is 2.38. The van der Waals surface area contributed by atoms with Crippen molar-refractivity contribution in [2.75, 3.05) is 13.1 Å². The first-order chi connectivity index (χ1) is 8.29. The summed E-state index contributed by atoms with van der Waals surface area (Å²) in [6.07, 6.45) is 1.51. The predicted octanol–water partition coefficient (Wildman–Crippen LogP) is 1.69. The van der Waals surface area contributed by atoms with E-state index in [4.69, 9.17) is 9.84 Å². The van der Waals surface area contributed by atoms with E-state index < -0.39 is 0 Å². The molecule has 1 aliphatic heterocycles. The van der Waals surface area contributed by atoms with Crippen LogP contribution >= 0.6 is 0 Å². The molecule has 2 atom stereocenters. The first kappa shape index (κ1) is 12.6. The molecule has 1 aromatic carbocycles. The first-order valence-corrected chi connectivity index (χ1v) is 6.30. The quantitative estimate of drug-likeness (QED) is 0.834. The Hall–Kier alpha value is -0.900. The van der Waals surface area contributed by atoms with Crippen molar-refractivity contribution in [3.8, 4) is 0 Å². The summed E-state index contributed by atoms with van der Waals surface area (Å²) in [6, 6.07) is 7.93. The van der Waals surface area contributed by atoms with Crippen molar-refractivity contribution in [1.82, 2.24) is 5.32 Å². The number of benzene rings is 1. The summed E-state index contributed by atoms with van der Waals surface area (Å²) in [7, 11) is 0. The van der Waals surface area contributed by atoms with Crippen molar-refractivity contribution in [3.63, 3.8) is 0 Å². The zero-order valence-corrected chi connectivity index (χ0v) is 10.4. The number of hydrogen-bond acceptors (Lipinski definition) is 3. The maximum absolute atomic E-state index is 8.96. The van der Waals surface area contributed by atoms with Gasteiger partial charge < -0.3 is 15.2 Å². The number of rotatable bonds is 4. The maximum atomic E-state index is 8.96. The minimum Gasteiger partial charge on any atom is -0.392 e. The molecule has 2 rings (SSSR count). The zero-order chi connectivity index (χ0) is 12.1. The number of piperidine rings is 1. The van der Waals surface area contributed by atoms with E-state index in [2.05, 4.69) is 12.2 Å². The lowest BCUT2D eigenvalue weighted by atomic mass is 9.97. The fourth-order valence-corrected chi connectivity index (χ4v) is 2.13. The minimum atomic E-state index is 0.102. The highest BCUT2D eigenvalue weighted by atomic mass is 16.5. The molecule has 0 bridgehead atoms. The molecule has 1 fully saturated rings. The van der Waals surface area contributed by atoms with Crippen LogP contribution in [0.1, 0.15) is 24.5 Å². The Morgan fingerprint density at radius 3 is 2.65 bits per heavy atom. The summed E-state index contributed by atoms with van der Waals surface area (Å²) >= 11 is 0. The van der Waals surface area contributed by atoms with Gasteiger partial charge in [-0.2, -0.15) is 0 Å². The Bertz CT molecular complexity index is 337. The van der Waals surface area contributed by atoms with Crippen LogP contribution in [0.25, 0.3) is 0 Å². The van der Waals surface area contributed by atoms with Gasteiger partial charge in [0, 0.05) is 6.54 Å². The monoisotopic (exact) mass is 235 g/mol. The van der Waals surface area contributed by atoms with E-state index in [0.29, 0.717) is 18.6 Å². The van der Waals surface area contributed by atoms with Crippen molar-refractivity contribution in [3.05, 3.63) is 35.4 Å². The molecule has 1 aromatic rings. The molecule has 1 saturated heterocycles. The SMILES string of the molecule is CC1CCNCC1OCc1ccc(CO)cc1. The largest absolute Gasteiger partial charge is 0.392 e. The molecule has 3 nitrogen and oxygen atoms in total. The van der Waals surface area contributed by atoms with Gasteiger partial charge in [0.1, 0.15) is 0 Å². The molecule has 0 spiro atoms. The fraction of sp³-hybridized carbons (Fsp3) is 0.571. The van der Waals surface area contributed by atoms with Gasteiger partial charge in [0.2, 0.25) is 0 Å². The topological polar surface area (TPSA) is 41.5 Å². The van der Waals surface area contributed by atoms with Crippen LogP contribution in [0.2, 0.25) is 0 Å². The summed E-state index contributed by atoms with van der Waals surface area (Å²) < 4.78 is 5.93. The smallest absolute Gasteiger partial charge is 0.0729 e. The molecule has 1 aliphatic rings. The van der Waals surface area contributed by atoms with Crippen molar-refractivity contribution in [2.45, 2.75) is 32.7 Å². The molecule has 0 amide bonds. The number of aliphatic hydroxyl groups excluding tert-OH is 1. The third-order valence-corrected chi connectivity index (χ3v) is 3.43. The molecule has 1 heterocycles. The molecule has 94 valence electrons. The Balaban J connectivity index is 1.84. The number of aliphatic hydroxyl groups is 1. The van der Waals surface area contributed by atoms with Crippen LogP contribution in [0.15, 0.2) is 24.3 Å². The molecule has 0 aliphatic carbocycles. The maximum Gasteiger partial charge on any atom is 0.0729 e. The fourth-order valence-electron chi connectivity index (χ4n) is 2.13. The second-order valence-electron chi connectivity index (χ2n) is 4.79. The van der Waals surface area contributed by atoms with Gasteiger partial charge in [-0.3, -0.25) is 0 Å². The molecule has 2 unspecified atom stereocenters.